The number of carboxylic acid groups (broad SMARTS) is 1. The lowest BCUT2D eigenvalue weighted by molar-refractivity contribution is 0.0696. The smallest absolute Gasteiger partial charge is 0.337 e. The van der Waals surface area contributed by atoms with Crippen LogP contribution in [0.5, 0.6) is 0 Å². The lowest BCUT2D eigenvalue weighted by Gasteiger charge is -2.11. The molecule has 1 N–H and O–H groups in total. The number of hydrogen-bond acceptors (Lipinski definition) is 3. The molecule has 4 nitrogen and oxygen atoms in total. The number of thioether (sulfide) groups is 1. The monoisotopic (exact) mass is 287 g/mol. The highest BCUT2D eigenvalue weighted by molar-refractivity contribution is 8.00. The quantitative estimate of drug-likeness (QED) is 0.940. The van der Waals surface area contributed by atoms with Crippen LogP contribution in [-0.2, 0) is 13.0 Å². The van der Waals surface area contributed by atoms with Gasteiger partial charge in [-0.2, -0.15) is 0 Å². The van der Waals surface area contributed by atoms with Crippen LogP contribution in [0.4, 0.5) is 0 Å². The summed E-state index contributed by atoms with van der Waals surface area (Å²) in [6.07, 6.45) is 2.33. The van der Waals surface area contributed by atoms with Crippen LogP contribution in [0.2, 0.25) is 0 Å². The van der Waals surface area contributed by atoms with Crippen LogP contribution in [0.3, 0.4) is 0 Å². The minimum atomic E-state index is -1.01. The highest BCUT2D eigenvalue weighted by atomic mass is 32.2. The van der Waals surface area contributed by atoms with Gasteiger partial charge in [0.15, 0.2) is 0 Å². The van der Waals surface area contributed by atoms with Gasteiger partial charge in [0.25, 0.3) is 5.56 Å². The fourth-order valence-electron chi connectivity index (χ4n) is 2.38. The Morgan fingerprint density at radius 2 is 2.10 bits per heavy atom. The van der Waals surface area contributed by atoms with E-state index >= 15 is 0 Å². The van der Waals surface area contributed by atoms with E-state index in [-0.39, 0.29) is 16.4 Å². The maximum absolute atomic E-state index is 11.8. The van der Waals surface area contributed by atoms with E-state index in [2.05, 4.69) is 12.1 Å². The van der Waals surface area contributed by atoms with E-state index in [0.29, 0.717) is 6.54 Å². The van der Waals surface area contributed by atoms with E-state index < -0.39 is 5.97 Å². The zero-order valence-electron chi connectivity index (χ0n) is 10.7. The molecule has 0 bridgehead atoms. The van der Waals surface area contributed by atoms with Crippen molar-refractivity contribution in [2.75, 3.05) is 0 Å². The maximum Gasteiger partial charge on any atom is 0.337 e. The first-order valence-corrected chi connectivity index (χ1v) is 7.20. The van der Waals surface area contributed by atoms with Gasteiger partial charge in [0.05, 0.1) is 5.56 Å². The van der Waals surface area contributed by atoms with Gasteiger partial charge in [-0.15, -0.1) is 11.8 Å². The van der Waals surface area contributed by atoms with Crippen molar-refractivity contribution in [3.63, 3.8) is 0 Å². The van der Waals surface area contributed by atoms with Gasteiger partial charge in [0.2, 0.25) is 0 Å². The number of carboxylic acids is 1. The second-order valence-electron chi connectivity index (χ2n) is 4.77. The molecule has 2 aromatic rings. The lowest BCUT2D eigenvalue weighted by atomic mass is 10.1. The largest absolute Gasteiger partial charge is 0.478 e. The molecule has 0 saturated heterocycles. The van der Waals surface area contributed by atoms with E-state index in [1.165, 1.54) is 33.4 Å². The Morgan fingerprint density at radius 1 is 1.30 bits per heavy atom. The SMILES string of the molecule is O=C(O)c1ccc(=O)n(CC2Cc3ccccc3S2)c1. The molecule has 0 saturated carbocycles. The first kappa shape index (κ1) is 13.0. The third kappa shape index (κ3) is 2.49. The fraction of sp³-hybridized carbons (Fsp3) is 0.200. The molecule has 3 rings (SSSR count). The molecule has 0 fully saturated rings. The van der Waals surface area contributed by atoms with E-state index in [0.717, 1.165) is 6.42 Å². The highest BCUT2D eigenvalue weighted by Gasteiger charge is 2.22. The summed E-state index contributed by atoms with van der Waals surface area (Å²) in [6, 6.07) is 10.9. The van der Waals surface area contributed by atoms with Crippen LogP contribution >= 0.6 is 11.8 Å². The van der Waals surface area contributed by atoms with Crippen LogP contribution in [0, 0.1) is 0 Å². The number of pyridine rings is 1. The van der Waals surface area contributed by atoms with Crippen LogP contribution in [0.15, 0.2) is 52.3 Å². The van der Waals surface area contributed by atoms with Crippen molar-refractivity contribution in [2.24, 2.45) is 0 Å². The van der Waals surface area contributed by atoms with E-state index in [4.69, 9.17) is 5.11 Å². The first-order chi connectivity index (χ1) is 9.63. The molecular weight excluding hydrogens is 274 g/mol. The van der Waals surface area contributed by atoms with Crippen LogP contribution < -0.4 is 5.56 Å². The molecule has 0 spiro atoms. The van der Waals surface area contributed by atoms with Crippen LogP contribution in [-0.4, -0.2) is 20.9 Å². The molecule has 1 atom stereocenters. The van der Waals surface area contributed by atoms with E-state index in [9.17, 15) is 9.59 Å². The summed E-state index contributed by atoms with van der Waals surface area (Å²) >= 11 is 1.75. The number of benzene rings is 1. The Kier molecular flexibility index (Phi) is 3.36. The highest BCUT2D eigenvalue weighted by Crippen LogP contribution is 2.37. The molecule has 1 aliphatic heterocycles. The van der Waals surface area contributed by atoms with Gasteiger partial charge in [-0.05, 0) is 24.1 Å². The van der Waals surface area contributed by atoms with Gasteiger partial charge in [0, 0.05) is 29.0 Å². The molecule has 0 amide bonds. The Bertz CT molecular complexity index is 698. The number of hydrogen-bond donors (Lipinski definition) is 1. The summed E-state index contributed by atoms with van der Waals surface area (Å²) in [7, 11) is 0. The molecule has 0 radical (unpaired) electrons. The zero-order valence-corrected chi connectivity index (χ0v) is 11.5. The van der Waals surface area contributed by atoms with Gasteiger partial charge >= 0.3 is 5.97 Å². The molecule has 0 aliphatic carbocycles. The molecule has 1 unspecified atom stereocenters. The molecule has 20 heavy (non-hydrogen) atoms. The molecular formula is C15H13NO3S. The molecule has 2 heterocycles. The van der Waals surface area contributed by atoms with Crippen molar-refractivity contribution in [1.82, 2.24) is 4.57 Å². The van der Waals surface area contributed by atoms with Crippen molar-refractivity contribution in [3.8, 4) is 0 Å². The number of rotatable bonds is 3. The molecule has 1 aromatic heterocycles. The number of aromatic carboxylic acids is 1. The van der Waals surface area contributed by atoms with Crippen LogP contribution in [0.1, 0.15) is 15.9 Å². The number of fused-ring (bicyclic) bond motifs is 1. The van der Waals surface area contributed by atoms with Gasteiger partial charge in [-0.1, -0.05) is 18.2 Å². The third-order valence-electron chi connectivity index (χ3n) is 3.34. The average Bonchev–Trinajstić information content (AvgIpc) is 2.83. The Labute approximate surface area is 120 Å². The number of aromatic nitrogens is 1. The van der Waals surface area contributed by atoms with Crippen molar-refractivity contribution in [3.05, 3.63) is 64.1 Å². The summed E-state index contributed by atoms with van der Waals surface area (Å²) in [6.45, 7) is 0.527. The Balaban J connectivity index is 1.82. The molecule has 102 valence electrons. The predicted molar refractivity (Wildman–Crippen MR) is 77.5 cm³/mol. The molecule has 1 aliphatic rings. The Hall–Kier alpha value is -2.01. The molecule has 5 heteroatoms. The predicted octanol–water partition coefficient (Wildman–Crippen LogP) is 2.26. The lowest BCUT2D eigenvalue weighted by Crippen LogP contribution is -2.25. The maximum atomic E-state index is 11.8. The summed E-state index contributed by atoms with van der Waals surface area (Å²) in [5.41, 5.74) is 1.28. The first-order valence-electron chi connectivity index (χ1n) is 6.32. The fourth-order valence-corrected chi connectivity index (χ4v) is 3.69. The normalized spacial score (nSPS) is 16.9. The minimum absolute atomic E-state index is 0.144. The van der Waals surface area contributed by atoms with Crippen LogP contribution in [0.25, 0.3) is 0 Å². The summed E-state index contributed by atoms with van der Waals surface area (Å²) in [5, 5.41) is 9.25. The van der Waals surface area contributed by atoms with Crippen molar-refractivity contribution >= 4 is 17.7 Å². The second kappa shape index (κ2) is 5.17. The zero-order chi connectivity index (χ0) is 14.1. The summed E-state index contributed by atoms with van der Waals surface area (Å²) in [5.74, 6) is -1.01. The van der Waals surface area contributed by atoms with Crippen molar-refractivity contribution < 1.29 is 9.90 Å². The van der Waals surface area contributed by atoms with Crippen molar-refractivity contribution in [2.45, 2.75) is 23.1 Å². The average molecular weight is 287 g/mol. The van der Waals surface area contributed by atoms with Gasteiger partial charge in [-0.25, -0.2) is 4.79 Å². The number of carbonyl (C=O) groups is 1. The summed E-state index contributed by atoms with van der Waals surface area (Å²) in [4.78, 5) is 24.0. The van der Waals surface area contributed by atoms with Crippen molar-refractivity contribution in [1.29, 1.82) is 0 Å². The van der Waals surface area contributed by atoms with Gasteiger partial charge < -0.3 is 9.67 Å². The topological polar surface area (TPSA) is 59.3 Å². The molecule has 1 aromatic carbocycles. The van der Waals surface area contributed by atoms with E-state index in [1.807, 2.05) is 12.1 Å². The van der Waals surface area contributed by atoms with E-state index in [1.54, 1.807) is 11.8 Å². The third-order valence-corrected chi connectivity index (χ3v) is 4.65. The summed E-state index contributed by atoms with van der Waals surface area (Å²) < 4.78 is 1.49. The minimum Gasteiger partial charge on any atom is -0.478 e. The van der Waals surface area contributed by atoms with Gasteiger partial charge in [-0.3, -0.25) is 4.79 Å². The standard InChI is InChI=1S/C15H13NO3S/c17-14-6-5-11(15(18)19)8-16(14)9-12-7-10-3-1-2-4-13(10)20-12/h1-6,8,12H,7,9H2,(H,18,19). The number of nitrogens with zero attached hydrogens (tertiary/aromatic N) is 1. The second-order valence-corrected chi connectivity index (χ2v) is 6.11. The van der Waals surface area contributed by atoms with Gasteiger partial charge in [0.1, 0.15) is 0 Å². The Morgan fingerprint density at radius 3 is 2.85 bits per heavy atom.